The number of pyridine rings is 1. The van der Waals surface area contributed by atoms with E-state index in [1.807, 2.05) is 6.07 Å². The number of aromatic nitrogens is 1. The number of hydrogen-bond donors (Lipinski definition) is 1. The highest BCUT2D eigenvalue weighted by molar-refractivity contribution is 6.30. The second-order valence-corrected chi connectivity index (χ2v) is 4.41. The van der Waals surface area contributed by atoms with Crippen molar-refractivity contribution in [3.63, 3.8) is 0 Å². The summed E-state index contributed by atoms with van der Waals surface area (Å²) in [5.41, 5.74) is 3.88. The molecule has 4 nitrogen and oxygen atoms in total. The van der Waals surface area contributed by atoms with Gasteiger partial charge < -0.3 is 0 Å². The van der Waals surface area contributed by atoms with Crippen molar-refractivity contribution in [2.24, 2.45) is 5.92 Å². The molecule has 86 valence electrons. The zero-order valence-corrected chi connectivity index (χ0v) is 9.87. The van der Waals surface area contributed by atoms with E-state index in [-0.39, 0.29) is 11.8 Å². The van der Waals surface area contributed by atoms with Crippen molar-refractivity contribution in [2.75, 3.05) is 7.05 Å². The zero-order chi connectivity index (χ0) is 11.5. The van der Waals surface area contributed by atoms with E-state index in [4.69, 9.17) is 11.6 Å². The number of carbonyl (C=O) groups is 1. The van der Waals surface area contributed by atoms with E-state index in [9.17, 15) is 4.79 Å². The molecule has 0 spiro atoms. The molecule has 0 unspecified atom stereocenters. The minimum Gasteiger partial charge on any atom is -0.281 e. The maximum Gasteiger partial charge on any atom is 0.239 e. The van der Waals surface area contributed by atoms with E-state index < -0.39 is 0 Å². The first-order valence-corrected chi connectivity index (χ1v) is 5.66. The lowest BCUT2D eigenvalue weighted by atomic mass is 10.3. The molecular formula is C11H14ClN3O. The second kappa shape index (κ2) is 4.80. The van der Waals surface area contributed by atoms with Crippen LogP contribution in [0.4, 0.5) is 0 Å². The molecule has 1 heterocycles. The third kappa shape index (κ3) is 2.93. The third-order valence-electron chi connectivity index (χ3n) is 2.54. The number of halogens is 1. The average Bonchev–Trinajstić information content (AvgIpc) is 3.11. The molecule has 1 aromatic heterocycles. The molecule has 0 saturated heterocycles. The van der Waals surface area contributed by atoms with Gasteiger partial charge in [-0.3, -0.25) is 14.8 Å². The van der Waals surface area contributed by atoms with Gasteiger partial charge in [0.25, 0.3) is 0 Å². The first kappa shape index (κ1) is 11.4. The molecule has 1 aromatic rings. The van der Waals surface area contributed by atoms with Crippen LogP contribution in [0.5, 0.6) is 0 Å². The van der Waals surface area contributed by atoms with Gasteiger partial charge in [0, 0.05) is 19.2 Å². The van der Waals surface area contributed by atoms with Gasteiger partial charge in [-0.25, -0.2) is 5.43 Å². The number of nitrogens with zero attached hydrogens (tertiary/aromatic N) is 2. The van der Waals surface area contributed by atoms with Gasteiger partial charge in [-0.15, -0.1) is 0 Å². The molecule has 2 rings (SSSR count). The van der Waals surface area contributed by atoms with Gasteiger partial charge in [-0.2, -0.15) is 0 Å². The Kier molecular flexibility index (Phi) is 3.41. The van der Waals surface area contributed by atoms with Gasteiger partial charge in [-0.1, -0.05) is 11.6 Å². The highest BCUT2D eigenvalue weighted by Crippen LogP contribution is 2.30. The summed E-state index contributed by atoms with van der Waals surface area (Å²) in [6, 6.07) is 3.62. The molecule has 0 aliphatic heterocycles. The van der Waals surface area contributed by atoms with Crippen molar-refractivity contribution in [1.82, 2.24) is 15.4 Å². The zero-order valence-electron chi connectivity index (χ0n) is 9.11. The van der Waals surface area contributed by atoms with E-state index in [2.05, 4.69) is 10.4 Å². The molecule has 1 aliphatic rings. The van der Waals surface area contributed by atoms with E-state index in [0.29, 0.717) is 11.6 Å². The highest BCUT2D eigenvalue weighted by Gasteiger charge is 2.31. The van der Waals surface area contributed by atoms with E-state index in [1.165, 1.54) is 0 Å². The maximum atomic E-state index is 11.6. The predicted octanol–water partition coefficient (Wildman–Crippen LogP) is 1.61. The molecule has 0 aromatic carbocycles. The van der Waals surface area contributed by atoms with Gasteiger partial charge in [0.1, 0.15) is 0 Å². The molecule has 16 heavy (non-hydrogen) atoms. The number of nitrogens with one attached hydrogen (secondary N) is 1. The highest BCUT2D eigenvalue weighted by atomic mass is 35.5. The van der Waals surface area contributed by atoms with Crippen LogP contribution in [0.3, 0.4) is 0 Å². The normalized spacial score (nSPS) is 14.9. The molecule has 5 heteroatoms. The summed E-state index contributed by atoms with van der Waals surface area (Å²) in [5.74, 6) is 0.393. The molecule has 0 radical (unpaired) electrons. The van der Waals surface area contributed by atoms with Gasteiger partial charge in [0.15, 0.2) is 0 Å². The lowest BCUT2D eigenvalue weighted by Gasteiger charge is -2.17. The van der Waals surface area contributed by atoms with Crippen molar-refractivity contribution >= 4 is 17.5 Å². The van der Waals surface area contributed by atoms with Crippen LogP contribution in [0.15, 0.2) is 18.3 Å². The Hall–Kier alpha value is -1.13. The monoisotopic (exact) mass is 239 g/mol. The van der Waals surface area contributed by atoms with Crippen LogP contribution in [-0.4, -0.2) is 22.9 Å². The van der Waals surface area contributed by atoms with Crippen LogP contribution in [-0.2, 0) is 11.3 Å². The smallest absolute Gasteiger partial charge is 0.239 e. The van der Waals surface area contributed by atoms with Crippen LogP contribution in [0.1, 0.15) is 18.5 Å². The van der Waals surface area contributed by atoms with Crippen LogP contribution in [0.25, 0.3) is 0 Å². The standard InChI is InChI=1S/C11H14ClN3O/c1-15(11(16)8-2-3-8)14-7-10-5-4-9(12)6-13-10/h4-6,8,14H,2-3,7H2,1H3. The van der Waals surface area contributed by atoms with Gasteiger partial charge in [-0.05, 0) is 25.0 Å². The van der Waals surface area contributed by atoms with Gasteiger partial charge in [0.05, 0.1) is 17.3 Å². The number of hydrazine groups is 1. The molecule has 1 aliphatic carbocycles. The number of carbonyl (C=O) groups excluding carboxylic acids is 1. The van der Waals surface area contributed by atoms with Crippen molar-refractivity contribution in [3.05, 3.63) is 29.0 Å². The molecule has 0 bridgehead atoms. The molecule has 1 amide bonds. The van der Waals surface area contributed by atoms with Crippen LogP contribution in [0.2, 0.25) is 5.02 Å². The van der Waals surface area contributed by atoms with Gasteiger partial charge in [0.2, 0.25) is 5.91 Å². The lowest BCUT2D eigenvalue weighted by Crippen LogP contribution is -2.40. The van der Waals surface area contributed by atoms with Crippen LogP contribution < -0.4 is 5.43 Å². The third-order valence-corrected chi connectivity index (χ3v) is 2.77. The number of amides is 1. The number of rotatable bonds is 4. The van der Waals surface area contributed by atoms with Crippen molar-refractivity contribution < 1.29 is 4.79 Å². The fourth-order valence-corrected chi connectivity index (χ4v) is 1.50. The fraction of sp³-hybridized carbons (Fsp3) is 0.455. The first-order chi connectivity index (χ1) is 7.66. The van der Waals surface area contributed by atoms with E-state index in [0.717, 1.165) is 18.5 Å². The van der Waals surface area contributed by atoms with Gasteiger partial charge >= 0.3 is 0 Å². The van der Waals surface area contributed by atoms with Crippen molar-refractivity contribution in [2.45, 2.75) is 19.4 Å². The summed E-state index contributed by atoms with van der Waals surface area (Å²) in [4.78, 5) is 15.7. The Bertz CT molecular complexity index is 375. The quantitative estimate of drug-likeness (QED) is 0.812. The Morgan fingerprint density at radius 3 is 2.94 bits per heavy atom. The minimum atomic E-state index is 0.161. The molecular weight excluding hydrogens is 226 g/mol. The molecule has 1 N–H and O–H groups in total. The molecule has 1 saturated carbocycles. The van der Waals surface area contributed by atoms with E-state index in [1.54, 1.807) is 24.3 Å². The lowest BCUT2D eigenvalue weighted by molar-refractivity contribution is -0.134. The van der Waals surface area contributed by atoms with Crippen molar-refractivity contribution in [1.29, 1.82) is 0 Å². The maximum absolute atomic E-state index is 11.6. The molecule has 0 atom stereocenters. The summed E-state index contributed by atoms with van der Waals surface area (Å²) in [5, 5.41) is 2.17. The summed E-state index contributed by atoms with van der Waals surface area (Å²) in [7, 11) is 1.75. The summed E-state index contributed by atoms with van der Waals surface area (Å²) < 4.78 is 0. The van der Waals surface area contributed by atoms with Crippen LogP contribution >= 0.6 is 11.6 Å². The summed E-state index contributed by atoms with van der Waals surface area (Å²) in [6.45, 7) is 0.534. The van der Waals surface area contributed by atoms with Crippen molar-refractivity contribution in [3.8, 4) is 0 Å². The Morgan fingerprint density at radius 2 is 2.38 bits per heavy atom. The second-order valence-electron chi connectivity index (χ2n) is 3.97. The first-order valence-electron chi connectivity index (χ1n) is 5.28. The Balaban J connectivity index is 1.82. The predicted molar refractivity (Wildman–Crippen MR) is 61.6 cm³/mol. The fourth-order valence-electron chi connectivity index (χ4n) is 1.39. The molecule has 1 fully saturated rings. The largest absolute Gasteiger partial charge is 0.281 e. The Labute approximate surface area is 99.6 Å². The van der Waals surface area contributed by atoms with Crippen LogP contribution in [0, 0.1) is 5.92 Å². The minimum absolute atomic E-state index is 0.161. The average molecular weight is 240 g/mol. The topological polar surface area (TPSA) is 45.2 Å². The summed E-state index contributed by atoms with van der Waals surface area (Å²) >= 11 is 5.73. The Morgan fingerprint density at radius 1 is 1.62 bits per heavy atom. The number of hydrogen-bond acceptors (Lipinski definition) is 3. The SMILES string of the molecule is CN(NCc1ccc(Cl)cn1)C(=O)C1CC1. The summed E-state index contributed by atoms with van der Waals surface area (Å²) in [6.07, 6.45) is 3.63. The van der Waals surface area contributed by atoms with E-state index >= 15 is 0 Å².